The van der Waals surface area contributed by atoms with Gasteiger partial charge in [0.05, 0.1) is 6.61 Å². The lowest BCUT2D eigenvalue weighted by molar-refractivity contribution is -0.131. The van der Waals surface area contributed by atoms with Gasteiger partial charge in [0.1, 0.15) is 5.75 Å². The first-order valence-corrected chi connectivity index (χ1v) is 6.78. The summed E-state index contributed by atoms with van der Waals surface area (Å²) in [4.78, 5) is 10.6. The minimum absolute atomic E-state index is 0.506. The molecule has 1 aromatic rings. The summed E-state index contributed by atoms with van der Waals surface area (Å²) in [6.07, 6.45) is 4.70. The fraction of sp³-hybridized carbons (Fsp3) is 0.400. The highest BCUT2D eigenvalue weighted by Crippen LogP contribution is 2.25. The lowest BCUT2D eigenvalue weighted by Gasteiger charge is -2.15. The van der Waals surface area contributed by atoms with Crippen molar-refractivity contribution in [2.24, 2.45) is 5.92 Å². The zero-order valence-electron chi connectivity index (χ0n) is 11.2. The Kier molecular flexibility index (Phi) is 6.43. The van der Waals surface area contributed by atoms with Crippen molar-refractivity contribution in [1.82, 2.24) is 0 Å². The molecule has 3 nitrogen and oxygen atoms in total. The predicted molar refractivity (Wildman–Crippen MR) is 77.7 cm³/mol. The molecule has 1 N–H and O–H groups in total. The Morgan fingerprint density at radius 3 is 2.68 bits per heavy atom. The van der Waals surface area contributed by atoms with Gasteiger partial charge in [0, 0.05) is 16.7 Å². The molecule has 0 radical (unpaired) electrons. The van der Waals surface area contributed by atoms with E-state index in [0.29, 0.717) is 28.9 Å². The van der Waals surface area contributed by atoms with E-state index in [-0.39, 0.29) is 0 Å². The number of rotatable bonds is 7. The van der Waals surface area contributed by atoms with Crippen LogP contribution in [0.3, 0.4) is 0 Å². The van der Waals surface area contributed by atoms with Gasteiger partial charge in [-0.3, -0.25) is 0 Å². The largest absolute Gasteiger partial charge is 0.493 e. The molecule has 0 aromatic heterocycles. The van der Waals surface area contributed by atoms with Crippen LogP contribution in [0.5, 0.6) is 5.75 Å². The van der Waals surface area contributed by atoms with Crippen LogP contribution in [0.25, 0.3) is 6.08 Å². The van der Waals surface area contributed by atoms with Crippen LogP contribution in [-0.2, 0) is 4.79 Å². The maximum absolute atomic E-state index is 10.6. The lowest BCUT2D eigenvalue weighted by atomic mass is 10.1. The van der Waals surface area contributed by atoms with Crippen LogP contribution in [0, 0.1) is 5.92 Å². The Labute approximate surface area is 118 Å². The highest BCUT2D eigenvalue weighted by Gasteiger charge is 2.07. The smallest absolute Gasteiger partial charge is 0.328 e. The third-order valence-corrected chi connectivity index (χ3v) is 3.24. The third-order valence-electron chi connectivity index (χ3n) is 3.01. The van der Waals surface area contributed by atoms with Gasteiger partial charge >= 0.3 is 5.97 Å². The summed E-state index contributed by atoms with van der Waals surface area (Å²) in [5, 5.41) is 9.22. The topological polar surface area (TPSA) is 46.5 Å². The number of benzene rings is 1. The number of ether oxygens (including phenoxy) is 1. The molecule has 0 amide bonds. The van der Waals surface area contributed by atoms with E-state index in [1.54, 1.807) is 18.2 Å². The first-order chi connectivity index (χ1) is 9.06. The SMILES string of the molecule is CCC(CC)COc1ccc(Cl)cc1/C=C/C(=O)O. The summed E-state index contributed by atoms with van der Waals surface area (Å²) in [6.45, 7) is 4.89. The maximum atomic E-state index is 10.6. The molecule has 0 saturated carbocycles. The standard InChI is InChI=1S/C15H19ClO3/c1-3-11(4-2)10-19-14-7-6-13(16)9-12(14)5-8-15(17)18/h5-9,11H,3-4,10H2,1-2H3,(H,17,18)/b8-5+. The highest BCUT2D eigenvalue weighted by atomic mass is 35.5. The van der Waals surface area contributed by atoms with E-state index in [4.69, 9.17) is 21.4 Å². The summed E-state index contributed by atoms with van der Waals surface area (Å²) < 4.78 is 5.77. The molecule has 0 aliphatic rings. The number of carbonyl (C=O) groups is 1. The molecule has 19 heavy (non-hydrogen) atoms. The number of aliphatic carboxylic acids is 1. The van der Waals surface area contributed by atoms with Gasteiger partial charge in [0.15, 0.2) is 0 Å². The monoisotopic (exact) mass is 282 g/mol. The quantitative estimate of drug-likeness (QED) is 0.760. The van der Waals surface area contributed by atoms with Crippen LogP contribution < -0.4 is 4.74 Å². The molecule has 0 saturated heterocycles. The zero-order chi connectivity index (χ0) is 14.3. The van der Waals surface area contributed by atoms with E-state index in [0.717, 1.165) is 18.9 Å². The van der Waals surface area contributed by atoms with Gasteiger partial charge in [0.2, 0.25) is 0 Å². The Hall–Kier alpha value is -1.48. The van der Waals surface area contributed by atoms with E-state index in [9.17, 15) is 4.79 Å². The summed E-state index contributed by atoms with van der Waals surface area (Å²) in [6, 6.07) is 5.21. The van der Waals surface area contributed by atoms with Crippen molar-refractivity contribution in [2.75, 3.05) is 6.61 Å². The molecule has 4 heteroatoms. The van der Waals surface area contributed by atoms with Gasteiger partial charge < -0.3 is 9.84 Å². The van der Waals surface area contributed by atoms with Gasteiger partial charge in [-0.2, -0.15) is 0 Å². The van der Waals surface area contributed by atoms with Crippen LogP contribution in [0.4, 0.5) is 0 Å². The molecule has 0 fully saturated rings. The maximum Gasteiger partial charge on any atom is 0.328 e. The average molecular weight is 283 g/mol. The van der Waals surface area contributed by atoms with Gasteiger partial charge in [0.25, 0.3) is 0 Å². The van der Waals surface area contributed by atoms with Crippen molar-refractivity contribution < 1.29 is 14.6 Å². The predicted octanol–water partition coefficient (Wildman–Crippen LogP) is 4.25. The second-order valence-electron chi connectivity index (χ2n) is 4.35. The van der Waals surface area contributed by atoms with Gasteiger partial charge in [-0.15, -0.1) is 0 Å². The van der Waals surface area contributed by atoms with Crippen molar-refractivity contribution in [3.63, 3.8) is 0 Å². The second-order valence-corrected chi connectivity index (χ2v) is 4.78. The zero-order valence-corrected chi connectivity index (χ0v) is 12.0. The minimum Gasteiger partial charge on any atom is -0.493 e. The van der Waals surface area contributed by atoms with Crippen LogP contribution in [0.2, 0.25) is 5.02 Å². The van der Waals surface area contributed by atoms with Crippen LogP contribution >= 0.6 is 11.6 Å². The summed E-state index contributed by atoms with van der Waals surface area (Å²) in [7, 11) is 0. The average Bonchev–Trinajstić information content (AvgIpc) is 2.39. The Balaban J connectivity index is 2.84. The number of hydrogen-bond acceptors (Lipinski definition) is 2. The molecule has 0 atom stereocenters. The normalized spacial score (nSPS) is 11.2. The van der Waals surface area contributed by atoms with Gasteiger partial charge in [-0.25, -0.2) is 4.79 Å². The third kappa shape index (κ3) is 5.35. The summed E-state index contributed by atoms with van der Waals surface area (Å²) in [5.74, 6) is 0.173. The first kappa shape index (κ1) is 15.6. The Bertz CT molecular complexity index is 451. The van der Waals surface area contributed by atoms with Crippen molar-refractivity contribution in [3.8, 4) is 5.75 Å². The Morgan fingerprint density at radius 2 is 2.11 bits per heavy atom. The number of carboxylic acid groups (broad SMARTS) is 1. The molecular formula is C15H19ClO3. The molecule has 0 spiro atoms. The summed E-state index contributed by atoms with van der Waals surface area (Å²) in [5.41, 5.74) is 0.681. The molecule has 0 bridgehead atoms. The molecule has 0 aliphatic heterocycles. The molecule has 1 rings (SSSR count). The van der Waals surface area contributed by atoms with E-state index in [1.165, 1.54) is 6.08 Å². The Morgan fingerprint density at radius 1 is 1.42 bits per heavy atom. The van der Waals surface area contributed by atoms with Gasteiger partial charge in [-0.1, -0.05) is 38.3 Å². The van der Waals surface area contributed by atoms with Gasteiger partial charge in [-0.05, 0) is 30.2 Å². The van der Waals surface area contributed by atoms with E-state index in [1.807, 2.05) is 0 Å². The van der Waals surface area contributed by atoms with Crippen LogP contribution in [0.15, 0.2) is 24.3 Å². The first-order valence-electron chi connectivity index (χ1n) is 6.40. The molecule has 0 unspecified atom stereocenters. The molecule has 0 heterocycles. The van der Waals surface area contributed by atoms with Crippen molar-refractivity contribution in [1.29, 1.82) is 0 Å². The van der Waals surface area contributed by atoms with Crippen molar-refractivity contribution in [3.05, 3.63) is 34.9 Å². The molecule has 1 aromatic carbocycles. The van der Waals surface area contributed by atoms with Crippen molar-refractivity contribution >= 4 is 23.6 Å². The number of carboxylic acids is 1. The molecular weight excluding hydrogens is 264 g/mol. The minimum atomic E-state index is -0.995. The van der Waals surface area contributed by atoms with Crippen molar-refractivity contribution in [2.45, 2.75) is 26.7 Å². The second kappa shape index (κ2) is 7.85. The lowest BCUT2D eigenvalue weighted by Crippen LogP contribution is -2.10. The van der Waals surface area contributed by atoms with Crippen LogP contribution in [0.1, 0.15) is 32.3 Å². The van der Waals surface area contributed by atoms with E-state index in [2.05, 4.69) is 13.8 Å². The summed E-state index contributed by atoms with van der Waals surface area (Å²) >= 11 is 5.91. The molecule has 0 aliphatic carbocycles. The molecule has 104 valence electrons. The fourth-order valence-corrected chi connectivity index (χ4v) is 1.85. The van der Waals surface area contributed by atoms with E-state index >= 15 is 0 Å². The fourth-order valence-electron chi connectivity index (χ4n) is 1.67. The van der Waals surface area contributed by atoms with Crippen LogP contribution in [-0.4, -0.2) is 17.7 Å². The number of halogens is 1. The number of hydrogen-bond donors (Lipinski definition) is 1. The van der Waals surface area contributed by atoms with E-state index < -0.39 is 5.97 Å². The highest BCUT2D eigenvalue weighted by molar-refractivity contribution is 6.30.